The van der Waals surface area contributed by atoms with Gasteiger partial charge in [-0.25, -0.2) is 4.98 Å². The molecular weight excluding hydrogens is 324 g/mol. The Kier molecular flexibility index (Phi) is 3.86. The van der Waals surface area contributed by atoms with Gasteiger partial charge in [0.2, 0.25) is 0 Å². The van der Waals surface area contributed by atoms with E-state index in [-0.39, 0.29) is 24.0 Å². The number of aryl methyl sites for hydroxylation is 1. The van der Waals surface area contributed by atoms with Crippen LogP contribution in [0.5, 0.6) is 0 Å². The van der Waals surface area contributed by atoms with E-state index in [1.807, 2.05) is 17.5 Å². The summed E-state index contributed by atoms with van der Waals surface area (Å²) >= 11 is 1.63. The maximum atomic E-state index is 12.7. The molecule has 0 bridgehead atoms. The number of hydrogen-bond donors (Lipinski definition) is 2. The van der Waals surface area contributed by atoms with E-state index in [1.165, 1.54) is 0 Å². The van der Waals surface area contributed by atoms with Gasteiger partial charge in [-0.2, -0.15) is 0 Å². The summed E-state index contributed by atoms with van der Waals surface area (Å²) in [4.78, 5) is 18.1. The molecular formula is C18H18N2O3S. The van der Waals surface area contributed by atoms with Crippen molar-refractivity contribution in [2.45, 2.75) is 31.9 Å². The number of nitrogens with zero attached hydrogens (tertiary/aromatic N) is 1. The molecule has 0 radical (unpaired) electrons. The van der Waals surface area contributed by atoms with Crippen LogP contribution in [0.2, 0.25) is 0 Å². The Balaban J connectivity index is 1.57. The van der Waals surface area contributed by atoms with Crippen molar-refractivity contribution in [3.63, 3.8) is 0 Å². The maximum absolute atomic E-state index is 12.7. The second-order valence-electron chi connectivity index (χ2n) is 6.27. The van der Waals surface area contributed by atoms with Gasteiger partial charge in [-0.05, 0) is 48.4 Å². The second-order valence-corrected chi connectivity index (χ2v) is 7.25. The van der Waals surface area contributed by atoms with E-state index in [2.05, 4.69) is 10.3 Å². The van der Waals surface area contributed by atoms with Gasteiger partial charge in [0.05, 0.1) is 12.1 Å². The lowest BCUT2D eigenvalue weighted by Gasteiger charge is -2.37. The molecule has 3 aromatic rings. The topological polar surface area (TPSA) is 75.4 Å². The first-order valence-corrected chi connectivity index (χ1v) is 8.87. The first-order valence-electron chi connectivity index (χ1n) is 7.99. The molecule has 1 unspecified atom stereocenters. The minimum atomic E-state index is -0.247. The molecule has 124 valence electrons. The maximum Gasteiger partial charge on any atom is 0.251 e. The summed E-state index contributed by atoms with van der Waals surface area (Å²) in [5.41, 5.74) is 1.92. The van der Waals surface area contributed by atoms with Crippen LogP contribution in [-0.2, 0) is 0 Å². The summed E-state index contributed by atoms with van der Waals surface area (Å²) in [5.74, 6) is 0.729. The second kappa shape index (κ2) is 6.03. The Hall–Kier alpha value is -2.18. The number of aliphatic hydroxyl groups excluding tert-OH is 1. The molecule has 0 aliphatic heterocycles. The summed E-state index contributed by atoms with van der Waals surface area (Å²) in [6.07, 6.45) is 1.20. The Labute approximate surface area is 143 Å². The number of benzene rings is 1. The minimum Gasteiger partial charge on any atom is -0.441 e. The zero-order valence-corrected chi connectivity index (χ0v) is 14.0. The van der Waals surface area contributed by atoms with E-state index in [4.69, 9.17) is 4.42 Å². The highest BCUT2D eigenvalue weighted by atomic mass is 32.1. The van der Waals surface area contributed by atoms with Gasteiger partial charge in [0.25, 0.3) is 5.91 Å². The SMILES string of the molecule is Cc1nc2ccc(C(=O)NC(c3cccs3)C3CC(O)C3)cc2o1. The van der Waals surface area contributed by atoms with Crippen LogP contribution in [-0.4, -0.2) is 22.1 Å². The van der Waals surface area contributed by atoms with Crippen molar-refractivity contribution in [3.05, 3.63) is 52.0 Å². The predicted octanol–water partition coefficient (Wildman–Crippen LogP) is 3.44. The number of amides is 1. The van der Waals surface area contributed by atoms with Crippen LogP contribution in [0.15, 0.2) is 40.1 Å². The smallest absolute Gasteiger partial charge is 0.251 e. The molecule has 1 atom stereocenters. The van der Waals surface area contributed by atoms with Crippen molar-refractivity contribution in [2.75, 3.05) is 0 Å². The third-order valence-electron chi connectivity index (χ3n) is 4.51. The van der Waals surface area contributed by atoms with Gasteiger partial charge in [-0.15, -0.1) is 11.3 Å². The van der Waals surface area contributed by atoms with E-state index in [9.17, 15) is 9.90 Å². The molecule has 1 fully saturated rings. The van der Waals surface area contributed by atoms with Gasteiger partial charge >= 0.3 is 0 Å². The Morgan fingerprint density at radius 2 is 2.25 bits per heavy atom. The Bertz CT molecular complexity index is 866. The van der Waals surface area contributed by atoms with Gasteiger partial charge in [0, 0.05) is 17.4 Å². The molecule has 1 aliphatic carbocycles. The van der Waals surface area contributed by atoms with E-state index in [0.29, 0.717) is 17.0 Å². The number of fused-ring (bicyclic) bond motifs is 1. The molecule has 0 saturated heterocycles. The van der Waals surface area contributed by atoms with Gasteiger partial charge < -0.3 is 14.8 Å². The third kappa shape index (κ3) is 2.83. The molecule has 2 heterocycles. The lowest BCUT2D eigenvalue weighted by atomic mass is 9.76. The number of thiophene rings is 1. The first kappa shape index (κ1) is 15.4. The van der Waals surface area contributed by atoms with Gasteiger partial charge in [0.15, 0.2) is 11.5 Å². The zero-order chi connectivity index (χ0) is 16.7. The van der Waals surface area contributed by atoms with E-state index >= 15 is 0 Å². The number of carbonyl (C=O) groups is 1. The molecule has 0 spiro atoms. The highest BCUT2D eigenvalue weighted by Crippen LogP contribution is 2.39. The average Bonchev–Trinajstić information content (AvgIpc) is 3.17. The molecule has 1 aliphatic rings. The molecule has 1 aromatic carbocycles. The van der Waals surface area contributed by atoms with Crippen LogP contribution in [0.4, 0.5) is 0 Å². The van der Waals surface area contributed by atoms with Crippen LogP contribution in [0.1, 0.15) is 40.0 Å². The van der Waals surface area contributed by atoms with Crippen LogP contribution in [0.3, 0.4) is 0 Å². The summed E-state index contributed by atoms with van der Waals surface area (Å²) in [7, 11) is 0. The first-order chi connectivity index (χ1) is 11.6. The lowest BCUT2D eigenvalue weighted by Crippen LogP contribution is -2.41. The van der Waals surface area contributed by atoms with Gasteiger partial charge in [0.1, 0.15) is 5.52 Å². The molecule has 2 N–H and O–H groups in total. The summed E-state index contributed by atoms with van der Waals surface area (Å²) in [5, 5.41) is 14.7. The van der Waals surface area contributed by atoms with Crippen molar-refractivity contribution < 1.29 is 14.3 Å². The highest BCUT2D eigenvalue weighted by molar-refractivity contribution is 7.10. The van der Waals surface area contributed by atoms with Crippen LogP contribution in [0.25, 0.3) is 11.1 Å². The molecule has 1 amide bonds. The fourth-order valence-corrected chi connectivity index (χ4v) is 4.07. The Morgan fingerprint density at radius 1 is 1.42 bits per heavy atom. The van der Waals surface area contributed by atoms with Crippen LogP contribution >= 0.6 is 11.3 Å². The minimum absolute atomic E-state index is 0.0620. The van der Waals surface area contributed by atoms with E-state index < -0.39 is 0 Å². The van der Waals surface area contributed by atoms with Crippen molar-refractivity contribution in [3.8, 4) is 0 Å². The average molecular weight is 342 g/mol. The Morgan fingerprint density at radius 3 is 2.96 bits per heavy atom. The third-order valence-corrected chi connectivity index (χ3v) is 5.47. The number of oxazole rings is 1. The molecule has 2 aromatic heterocycles. The quantitative estimate of drug-likeness (QED) is 0.761. The molecule has 24 heavy (non-hydrogen) atoms. The fraction of sp³-hybridized carbons (Fsp3) is 0.333. The van der Waals surface area contributed by atoms with E-state index in [1.54, 1.807) is 36.5 Å². The molecule has 6 heteroatoms. The van der Waals surface area contributed by atoms with E-state index in [0.717, 1.165) is 23.2 Å². The van der Waals surface area contributed by atoms with Gasteiger partial charge in [-0.1, -0.05) is 6.07 Å². The highest BCUT2D eigenvalue weighted by Gasteiger charge is 2.36. The largest absolute Gasteiger partial charge is 0.441 e. The lowest BCUT2D eigenvalue weighted by molar-refractivity contribution is 0.0241. The zero-order valence-electron chi connectivity index (χ0n) is 13.2. The number of aliphatic hydroxyl groups is 1. The molecule has 4 rings (SSSR count). The summed E-state index contributed by atoms with van der Waals surface area (Å²) in [6, 6.07) is 9.24. The number of carbonyl (C=O) groups excluding carboxylic acids is 1. The van der Waals surface area contributed by atoms with Gasteiger partial charge in [-0.3, -0.25) is 4.79 Å². The monoisotopic (exact) mass is 342 g/mol. The van der Waals surface area contributed by atoms with Crippen molar-refractivity contribution in [2.24, 2.45) is 5.92 Å². The normalized spacial score (nSPS) is 21.4. The van der Waals surface area contributed by atoms with Crippen molar-refractivity contribution >= 4 is 28.3 Å². The number of nitrogens with one attached hydrogen (secondary N) is 1. The number of aromatic nitrogens is 1. The summed E-state index contributed by atoms with van der Waals surface area (Å²) in [6.45, 7) is 1.79. The standard InChI is InChI=1S/C18H18N2O3S/c1-10-19-14-5-4-11(9-15(14)23-10)18(22)20-17(12-7-13(21)8-12)16-3-2-6-24-16/h2-6,9,12-13,17,21H,7-8H2,1H3,(H,20,22). The number of rotatable bonds is 4. The molecule has 5 nitrogen and oxygen atoms in total. The van der Waals surface area contributed by atoms with Crippen molar-refractivity contribution in [1.29, 1.82) is 0 Å². The predicted molar refractivity (Wildman–Crippen MR) is 92.0 cm³/mol. The summed E-state index contributed by atoms with van der Waals surface area (Å²) < 4.78 is 5.51. The molecule has 1 saturated carbocycles. The van der Waals surface area contributed by atoms with Crippen LogP contribution in [0, 0.1) is 12.8 Å². The van der Waals surface area contributed by atoms with Crippen LogP contribution < -0.4 is 5.32 Å². The number of hydrogen-bond acceptors (Lipinski definition) is 5. The fourth-order valence-electron chi connectivity index (χ4n) is 3.20. The van der Waals surface area contributed by atoms with Crippen molar-refractivity contribution in [1.82, 2.24) is 10.3 Å².